The van der Waals surface area contributed by atoms with E-state index < -0.39 is 0 Å². The zero-order valence-corrected chi connectivity index (χ0v) is 5.26. The fourth-order valence-corrected chi connectivity index (χ4v) is 0.339. The quantitative estimate of drug-likeness (QED) is 0.483. The van der Waals surface area contributed by atoms with E-state index in [0.29, 0.717) is 5.82 Å². The van der Waals surface area contributed by atoms with Gasteiger partial charge in [-0.25, -0.2) is 9.98 Å². The first-order valence-corrected chi connectivity index (χ1v) is 2.47. The van der Waals surface area contributed by atoms with Gasteiger partial charge in [0, 0.05) is 6.21 Å². The van der Waals surface area contributed by atoms with Gasteiger partial charge in [0.05, 0.1) is 0 Å². The van der Waals surface area contributed by atoms with Crippen LogP contribution in [0.25, 0.3) is 0 Å². The molecule has 0 saturated carbocycles. The number of nitrogens with zero attached hydrogens (tertiary/aromatic N) is 2. The second-order valence-corrected chi connectivity index (χ2v) is 1.19. The van der Waals surface area contributed by atoms with Gasteiger partial charge in [0.2, 0.25) is 0 Å². The molecule has 2 nitrogen and oxygen atoms in total. The summed E-state index contributed by atoms with van der Waals surface area (Å²) in [7, 11) is 0. The van der Waals surface area contributed by atoms with Crippen LogP contribution >= 0.6 is 0 Å². The average Bonchev–Trinajstić information content (AvgIpc) is 1.83. The van der Waals surface area contributed by atoms with E-state index in [1.165, 1.54) is 0 Å². The van der Waals surface area contributed by atoms with Crippen molar-refractivity contribution in [1.82, 2.24) is 0 Å². The largest absolute Gasteiger partial charge is 0.245 e. The molecule has 0 spiro atoms. The van der Waals surface area contributed by atoms with Crippen molar-refractivity contribution in [3.8, 4) is 0 Å². The highest BCUT2D eigenvalue weighted by Gasteiger charge is 1.76. The highest BCUT2D eigenvalue weighted by atomic mass is 14.9. The molecule has 0 saturated heterocycles. The summed E-state index contributed by atoms with van der Waals surface area (Å²) >= 11 is 0. The van der Waals surface area contributed by atoms with Crippen LogP contribution in [0.15, 0.2) is 21.9 Å². The van der Waals surface area contributed by atoms with Crippen molar-refractivity contribution >= 4 is 12.9 Å². The third-order valence-electron chi connectivity index (χ3n) is 0.682. The summed E-state index contributed by atoms with van der Waals surface area (Å²) < 4.78 is 0. The van der Waals surface area contributed by atoms with E-state index in [1.807, 2.05) is 13.8 Å². The van der Waals surface area contributed by atoms with Crippen molar-refractivity contribution in [2.75, 3.05) is 0 Å². The number of rotatable bonds is 2. The van der Waals surface area contributed by atoms with Gasteiger partial charge in [0.15, 0.2) is 0 Å². The van der Waals surface area contributed by atoms with Crippen LogP contribution in [0.4, 0.5) is 0 Å². The molecule has 2 heteroatoms. The van der Waals surface area contributed by atoms with E-state index in [-0.39, 0.29) is 0 Å². The number of hydrogen-bond donors (Lipinski definition) is 0. The minimum Gasteiger partial charge on any atom is -0.245 e. The van der Waals surface area contributed by atoms with Gasteiger partial charge in [-0.1, -0.05) is 0 Å². The van der Waals surface area contributed by atoms with Crippen molar-refractivity contribution in [3.63, 3.8) is 0 Å². The van der Waals surface area contributed by atoms with Gasteiger partial charge in [0.25, 0.3) is 0 Å². The second kappa shape index (κ2) is 4.24. The first kappa shape index (κ1) is 7.08. The fourth-order valence-electron chi connectivity index (χ4n) is 0.339. The average molecular weight is 110 g/mol. The first-order valence-electron chi connectivity index (χ1n) is 2.47. The van der Waals surface area contributed by atoms with Gasteiger partial charge in [-0.15, -0.1) is 0 Å². The molecule has 0 bridgehead atoms. The molecule has 0 rings (SSSR count). The molecule has 0 aliphatic rings. The Morgan fingerprint density at radius 3 is 2.25 bits per heavy atom. The van der Waals surface area contributed by atoms with E-state index in [2.05, 4.69) is 16.7 Å². The maximum absolute atomic E-state index is 3.87. The molecular weight excluding hydrogens is 100 g/mol. The van der Waals surface area contributed by atoms with Crippen molar-refractivity contribution in [2.24, 2.45) is 9.98 Å². The summed E-state index contributed by atoms with van der Waals surface area (Å²) in [4.78, 5) is 7.48. The van der Waals surface area contributed by atoms with Crippen molar-refractivity contribution < 1.29 is 0 Å². The molecule has 0 aromatic carbocycles. The lowest BCUT2D eigenvalue weighted by Crippen LogP contribution is -1.68. The number of aliphatic imine (C=N–C) groups is 2. The van der Waals surface area contributed by atoms with Crippen LogP contribution in [0, 0.1) is 0 Å². The van der Waals surface area contributed by atoms with Crippen LogP contribution in [0.5, 0.6) is 0 Å². The van der Waals surface area contributed by atoms with Gasteiger partial charge < -0.3 is 0 Å². The minimum atomic E-state index is 0.674. The number of allylic oxidation sites excluding steroid dienone is 1. The van der Waals surface area contributed by atoms with E-state index in [4.69, 9.17) is 0 Å². The zero-order valence-electron chi connectivity index (χ0n) is 5.26. The highest BCUT2D eigenvalue weighted by Crippen LogP contribution is 1.93. The van der Waals surface area contributed by atoms with E-state index >= 15 is 0 Å². The minimum absolute atomic E-state index is 0.674. The summed E-state index contributed by atoms with van der Waals surface area (Å²) in [5.74, 6) is 0.674. The van der Waals surface area contributed by atoms with Crippen molar-refractivity contribution in [3.05, 3.63) is 11.9 Å². The standard InChI is InChI=1S/C6H10N2/c1-4-6(7-3)8-5-2/h4-5H,3H2,1-2H3. The smallest absolute Gasteiger partial charge is 0.146 e. The summed E-state index contributed by atoms with van der Waals surface area (Å²) in [6, 6.07) is 0. The van der Waals surface area contributed by atoms with Crippen LogP contribution in [-0.4, -0.2) is 12.9 Å². The Balaban J connectivity index is 3.91. The molecule has 8 heavy (non-hydrogen) atoms. The molecule has 0 aliphatic heterocycles. The maximum Gasteiger partial charge on any atom is 0.146 e. The molecule has 0 radical (unpaired) electrons. The van der Waals surface area contributed by atoms with Crippen LogP contribution < -0.4 is 0 Å². The van der Waals surface area contributed by atoms with Crippen LogP contribution in [0.1, 0.15) is 13.8 Å². The second-order valence-electron chi connectivity index (χ2n) is 1.19. The zero-order chi connectivity index (χ0) is 6.41. The molecular formula is C6H10N2. The third-order valence-corrected chi connectivity index (χ3v) is 0.682. The predicted molar refractivity (Wildman–Crippen MR) is 37.5 cm³/mol. The molecule has 0 fully saturated rings. The summed E-state index contributed by atoms with van der Waals surface area (Å²) in [5.41, 5.74) is 0. The summed E-state index contributed by atoms with van der Waals surface area (Å²) in [6.45, 7) is 7.03. The SMILES string of the molecule is C=NC(=CC)N=CC. The highest BCUT2D eigenvalue weighted by molar-refractivity contribution is 5.55. The molecule has 0 N–H and O–H groups in total. The Hall–Kier alpha value is -0.920. The summed E-state index contributed by atoms with van der Waals surface area (Å²) in [5, 5.41) is 0. The third kappa shape index (κ3) is 2.29. The van der Waals surface area contributed by atoms with Crippen molar-refractivity contribution in [2.45, 2.75) is 13.8 Å². The topological polar surface area (TPSA) is 24.7 Å². The molecule has 0 aromatic rings. The summed E-state index contributed by atoms with van der Waals surface area (Å²) in [6.07, 6.45) is 3.48. The van der Waals surface area contributed by atoms with Gasteiger partial charge in [-0.3, -0.25) is 0 Å². The molecule has 0 aliphatic carbocycles. The lowest BCUT2D eigenvalue weighted by molar-refractivity contribution is 1.24. The van der Waals surface area contributed by atoms with Crippen LogP contribution in [0.2, 0.25) is 0 Å². The van der Waals surface area contributed by atoms with Crippen molar-refractivity contribution in [1.29, 1.82) is 0 Å². The Bertz CT molecular complexity index is 122. The van der Waals surface area contributed by atoms with Gasteiger partial charge in [0.1, 0.15) is 5.82 Å². The number of hydrogen-bond acceptors (Lipinski definition) is 2. The van der Waals surface area contributed by atoms with E-state index in [9.17, 15) is 0 Å². The van der Waals surface area contributed by atoms with Crippen LogP contribution in [0.3, 0.4) is 0 Å². The molecule has 0 unspecified atom stereocenters. The molecule has 0 aromatic heterocycles. The monoisotopic (exact) mass is 110 g/mol. The van der Waals surface area contributed by atoms with Gasteiger partial charge >= 0.3 is 0 Å². The molecule has 0 amide bonds. The Labute approximate surface area is 49.7 Å². The Kier molecular flexibility index (Phi) is 3.76. The lowest BCUT2D eigenvalue weighted by atomic mass is 10.6. The van der Waals surface area contributed by atoms with E-state index in [1.54, 1.807) is 12.3 Å². The Morgan fingerprint density at radius 1 is 1.50 bits per heavy atom. The van der Waals surface area contributed by atoms with Gasteiger partial charge in [-0.2, -0.15) is 0 Å². The maximum atomic E-state index is 3.87. The Morgan fingerprint density at radius 2 is 2.12 bits per heavy atom. The molecule has 0 atom stereocenters. The fraction of sp³-hybridized carbons (Fsp3) is 0.333. The normalized spacial score (nSPS) is 12.5. The molecule has 0 heterocycles. The van der Waals surface area contributed by atoms with E-state index in [0.717, 1.165) is 0 Å². The first-order chi connectivity index (χ1) is 3.85. The molecule has 44 valence electrons. The predicted octanol–water partition coefficient (Wildman–Crippen LogP) is 1.64. The van der Waals surface area contributed by atoms with Gasteiger partial charge in [-0.05, 0) is 26.6 Å². The van der Waals surface area contributed by atoms with Crippen LogP contribution in [-0.2, 0) is 0 Å². The lowest BCUT2D eigenvalue weighted by Gasteiger charge is -1.84.